The van der Waals surface area contributed by atoms with Gasteiger partial charge in [0.25, 0.3) is 11.8 Å². The van der Waals surface area contributed by atoms with Crippen LogP contribution in [0.1, 0.15) is 58.1 Å². The van der Waals surface area contributed by atoms with E-state index in [9.17, 15) is 14.4 Å². The van der Waals surface area contributed by atoms with Crippen molar-refractivity contribution >= 4 is 35.3 Å². The van der Waals surface area contributed by atoms with Gasteiger partial charge in [0.2, 0.25) is 0 Å². The van der Waals surface area contributed by atoms with Crippen LogP contribution in [-0.2, 0) is 9.59 Å². The highest BCUT2D eigenvalue weighted by Crippen LogP contribution is 2.43. The van der Waals surface area contributed by atoms with Gasteiger partial charge < -0.3 is 9.64 Å². The lowest BCUT2D eigenvalue weighted by molar-refractivity contribution is -0.122. The van der Waals surface area contributed by atoms with E-state index in [4.69, 9.17) is 4.74 Å². The summed E-state index contributed by atoms with van der Waals surface area (Å²) in [7, 11) is 0. The van der Waals surface area contributed by atoms with E-state index in [1.807, 2.05) is 19.1 Å². The van der Waals surface area contributed by atoms with Gasteiger partial charge in [0, 0.05) is 23.8 Å². The van der Waals surface area contributed by atoms with Crippen molar-refractivity contribution in [2.24, 2.45) is 0 Å². The first-order chi connectivity index (χ1) is 16.2. The van der Waals surface area contributed by atoms with Crippen molar-refractivity contribution in [1.29, 1.82) is 0 Å². The lowest BCUT2D eigenvalue weighted by atomic mass is 9.79. The summed E-state index contributed by atoms with van der Waals surface area (Å²) in [6.07, 6.45) is 2.57. The zero-order valence-corrected chi connectivity index (χ0v) is 20.3. The predicted octanol–water partition coefficient (Wildman–Crippen LogP) is 4.86. The van der Waals surface area contributed by atoms with Gasteiger partial charge in [-0.05, 0) is 81.5 Å². The van der Waals surface area contributed by atoms with Crippen LogP contribution in [0.4, 0.5) is 16.2 Å². The number of amides is 4. The highest BCUT2D eigenvalue weighted by atomic mass is 16.5. The Labute approximate surface area is 200 Å². The Bertz CT molecular complexity index is 1180. The van der Waals surface area contributed by atoms with E-state index in [1.165, 1.54) is 11.3 Å². The molecule has 1 fully saturated rings. The number of barbiturate groups is 1. The van der Waals surface area contributed by atoms with Crippen LogP contribution in [-0.4, -0.2) is 36.5 Å². The van der Waals surface area contributed by atoms with Crippen LogP contribution in [0.5, 0.6) is 5.75 Å². The minimum atomic E-state index is -0.777. The van der Waals surface area contributed by atoms with Gasteiger partial charge in [-0.25, -0.2) is 9.69 Å². The number of nitrogens with one attached hydrogen (secondary N) is 1. The Morgan fingerprint density at radius 2 is 1.88 bits per heavy atom. The summed E-state index contributed by atoms with van der Waals surface area (Å²) in [6.45, 7) is 12.1. The van der Waals surface area contributed by atoms with Crippen LogP contribution in [0.3, 0.4) is 0 Å². The average molecular weight is 462 g/mol. The molecule has 0 unspecified atom stereocenters. The third kappa shape index (κ3) is 4.18. The largest absolute Gasteiger partial charge is 0.494 e. The van der Waals surface area contributed by atoms with Gasteiger partial charge >= 0.3 is 6.03 Å². The van der Waals surface area contributed by atoms with Gasteiger partial charge in [-0.3, -0.25) is 14.9 Å². The third-order valence-electron chi connectivity index (χ3n) is 6.53. The monoisotopic (exact) mass is 461 g/mol. The summed E-state index contributed by atoms with van der Waals surface area (Å²) >= 11 is 0. The van der Waals surface area contributed by atoms with Crippen LogP contribution < -0.4 is 19.9 Å². The second kappa shape index (κ2) is 8.97. The number of anilines is 2. The molecule has 178 valence electrons. The van der Waals surface area contributed by atoms with Gasteiger partial charge in [0.15, 0.2) is 0 Å². The molecule has 2 aromatic rings. The van der Waals surface area contributed by atoms with Crippen molar-refractivity contribution in [3.05, 3.63) is 59.2 Å². The van der Waals surface area contributed by atoms with E-state index in [0.29, 0.717) is 24.0 Å². The first kappa shape index (κ1) is 23.5. The molecule has 1 atom stereocenters. The van der Waals surface area contributed by atoms with E-state index in [-0.39, 0.29) is 11.1 Å². The quantitative estimate of drug-likeness (QED) is 0.508. The van der Waals surface area contributed by atoms with Crippen LogP contribution in [0.15, 0.2) is 48.0 Å². The van der Waals surface area contributed by atoms with E-state index in [2.05, 4.69) is 44.0 Å². The number of ether oxygens (including phenoxy) is 1. The van der Waals surface area contributed by atoms with Crippen molar-refractivity contribution < 1.29 is 19.1 Å². The third-order valence-corrected chi connectivity index (χ3v) is 6.53. The highest BCUT2D eigenvalue weighted by molar-refractivity contribution is 6.39. The maximum absolute atomic E-state index is 13.3. The summed E-state index contributed by atoms with van der Waals surface area (Å²) in [5.74, 6) is -0.490. The molecule has 0 saturated carbocycles. The molecule has 2 heterocycles. The van der Waals surface area contributed by atoms with E-state index >= 15 is 0 Å². The topological polar surface area (TPSA) is 79.0 Å². The van der Waals surface area contributed by atoms with Gasteiger partial charge in [0.1, 0.15) is 11.3 Å². The minimum Gasteiger partial charge on any atom is -0.494 e. The fourth-order valence-electron chi connectivity index (χ4n) is 5.13. The molecule has 34 heavy (non-hydrogen) atoms. The van der Waals surface area contributed by atoms with Crippen LogP contribution in [0, 0.1) is 0 Å². The lowest BCUT2D eigenvalue weighted by Crippen LogP contribution is -2.54. The Kier molecular flexibility index (Phi) is 6.21. The first-order valence-corrected chi connectivity index (χ1v) is 11.7. The number of imide groups is 2. The highest BCUT2D eigenvalue weighted by Gasteiger charge is 2.38. The molecule has 7 nitrogen and oxygen atoms in total. The van der Waals surface area contributed by atoms with Gasteiger partial charge in [-0.15, -0.1) is 0 Å². The molecule has 7 heteroatoms. The van der Waals surface area contributed by atoms with Crippen molar-refractivity contribution in [3.8, 4) is 5.75 Å². The molecule has 2 aromatic carbocycles. The number of urea groups is 1. The number of rotatable bonds is 5. The van der Waals surface area contributed by atoms with Gasteiger partial charge in [0.05, 0.1) is 12.3 Å². The number of carbonyl (C=O) groups is 3. The second-order valence-electron chi connectivity index (χ2n) is 9.37. The summed E-state index contributed by atoms with van der Waals surface area (Å²) < 4.78 is 5.49. The average Bonchev–Trinajstić information content (AvgIpc) is 2.77. The zero-order chi connectivity index (χ0) is 24.6. The molecule has 0 radical (unpaired) electrons. The number of nitrogens with zero attached hydrogens (tertiary/aromatic N) is 2. The summed E-state index contributed by atoms with van der Waals surface area (Å²) in [5.41, 5.74) is 3.42. The predicted molar refractivity (Wildman–Crippen MR) is 133 cm³/mol. The van der Waals surface area contributed by atoms with Crippen molar-refractivity contribution in [2.75, 3.05) is 23.0 Å². The molecule has 0 bridgehead atoms. The normalized spacial score (nSPS) is 20.9. The van der Waals surface area contributed by atoms with Crippen LogP contribution in [0.25, 0.3) is 6.08 Å². The van der Waals surface area contributed by atoms with Crippen molar-refractivity contribution in [3.63, 3.8) is 0 Å². The molecule has 2 aliphatic rings. The number of carbonyl (C=O) groups excluding carboxylic acids is 3. The van der Waals surface area contributed by atoms with E-state index < -0.39 is 17.8 Å². The summed E-state index contributed by atoms with van der Waals surface area (Å²) in [5, 5.41) is 2.29. The van der Waals surface area contributed by atoms with Crippen molar-refractivity contribution in [1.82, 2.24) is 5.32 Å². The Balaban J connectivity index is 1.71. The molecule has 4 amide bonds. The summed E-state index contributed by atoms with van der Waals surface area (Å²) in [6, 6.07) is 11.9. The second-order valence-corrected chi connectivity index (χ2v) is 9.37. The first-order valence-electron chi connectivity index (χ1n) is 11.7. The van der Waals surface area contributed by atoms with E-state index in [1.54, 1.807) is 30.3 Å². The smallest absolute Gasteiger partial charge is 0.335 e. The van der Waals surface area contributed by atoms with Crippen molar-refractivity contribution in [2.45, 2.75) is 52.5 Å². The number of benzene rings is 2. The SMILES string of the molecule is CCOc1cccc(N2C(=O)NC(=O)/C(=C\c3ccc4c(c3)[C@@H](C)CC(C)(C)N4CC)C2=O)c1. The number of hydrogen-bond acceptors (Lipinski definition) is 5. The minimum absolute atomic E-state index is 0.0528. The maximum Gasteiger partial charge on any atom is 0.335 e. The molecule has 0 spiro atoms. The molecule has 2 aliphatic heterocycles. The Morgan fingerprint density at radius 3 is 2.59 bits per heavy atom. The van der Waals surface area contributed by atoms with E-state index in [0.717, 1.165) is 23.4 Å². The molecule has 1 N–H and O–H groups in total. The fourth-order valence-corrected chi connectivity index (χ4v) is 5.13. The zero-order valence-electron chi connectivity index (χ0n) is 20.3. The molecule has 0 aromatic heterocycles. The van der Waals surface area contributed by atoms with Crippen LogP contribution >= 0.6 is 0 Å². The van der Waals surface area contributed by atoms with Crippen LogP contribution in [0.2, 0.25) is 0 Å². The molecular formula is C27H31N3O4. The molecule has 0 aliphatic carbocycles. The Hall–Kier alpha value is -3.61. The number of fused-ring (bicyclic) bond motifs is 1. The standard InChI is InChI=1S/C27H31N3O4/c1-6-29-23-12-11-18(13-21(23)17(3)16-27(29,4)5)14-22-24(31)28-26(33)30(25(22)32)19-9-8-10-20(15-19)34-7-2/h8-15,17H,6-7,16H2,1-5H3,(H,28,31,33)/b22-14+/t17-/m0/s1. The van der Waals surface area contributed by atoms with Gasteiger partial charge in [-0.1, -0.05) is 19.1 Å². The van der Waals surface area contributed by atoms with Gasteiger partial charge in [-0.2, -0.15) is 0 Å². The fraction of sp³-hybridized carbons (Fsp3) is 0.370. The summed E-state index contributed by atoms with van der Waals surface area (Å²) in [4.78, 5) is 41.8. The lowest BCUT2D eigenvalue weighted by Gasteiger charge is -2.47. The number of hydrogen-bond donors (Lipinski definition) is 1. The molecule has 4 rings (SSSR count). The Morgan fingerprint density at radius 1 is 1.12 bits per heavy atom. The maximum atomic E-state index is 13.3. The molecule has 1 saturated heterocycles. The molecular weight excluding hydrogens is 430 g/mol.